The summed E-state index contributed by atoms with van der Waals surface area (Å²) in [5.41, 5.74) is 3.98. The Morgan fingerprint density at radius 3 is 2.80 bits per heavy atom. The molecule has 162 valence electrons. The summed E-state index contributed by atoms with van der Waals surface area (Å²) < 4.78 is 24.3. The smallest absolute Gasteiger partial charge is 0.442 e. The van der Waals surface area contributed by atoms with E-state index in [2.05, 4.69) is 20.4 Å². The molecule has 1 aromatic rings. The molecule has 1 atom stereocenters. The zero-order valence-electron chi connectivity index (χ0n) is 16.6. The van der Waals surface area contributed by atoms with Crippen molar-refractivity contribution in [3.05, 3.63) is 35.8 Å². The van der Waals surface area contributed by atoms with Crippen LogP contribution in [0.3, 0.4) is 0 Å². The zero-order chi connectivity index (χ0) is 21.7. The number of carbonyl (C=O) groups is 3. The molecule has 0 aromatic heterocycles. The molecule has 2 heterocycles. The summed E-state index contributed by atoms with van der Waals surface area (Å²) in [6, 6.07) is 4.55. The van der Waals surface area contributed by atoms with Gasteiger partial charge in [0.2, 0.25) is 5.91 Å². The molecule has 2 amide bonds. The molecule has 1 aromatic carbocycles. The van der Waals surface area contributed by atoms with Gasteiger partial charge >= 0.3 is 12.2 Å². The molecule has 2 aliphatic rings. The van der Waals surface area contributed by atoms with Crippen molar-refractivity contribution in [2.24, 2.45) is 0 Å². The van der Waals surface area contributed by atoms with Crippen LogP contribution >= 0.6 is 0 Å². The summed E-state index contributed by atoms with van der Waals surface area (Å²) >= 11 is 0. The molecular weight excluding hydrogens is 399 g/mol. The first-order valence-electron chi connectivity index (χ1n) is 9.34. The van der Waals surface area contributed by atoms with Crippen LogP contribution in [0.5, 0.6) is 0 Å². The highest BCUT2D eigenvalue weighted by molar-refractivity contribution is 5.90. The van der Waals surface area contributed by atoms with Gasteiger partial charge in [-0.1, -0.05) is 0 Å². The molecule has 0 bridgehead atoms. The molecule has 0 aliphatic carbocycles. The predicted octanol–water partition coefficient (Wildman–Crippen LogP) is 1.67. The van der Waals surface area contributed by atoms with E-state index in [1.54, 1.807) is 18.2 Å². The van der Waals surface area contributed by atoms with Gasteiger partial charge in [0, 0.05) is 32.1 Å². The molecule has 30 heavy (non-hydrogen) atoms. The van der Waals surface area contributed by atoms with E-state index in [-0.39, 0.29) is 19.0 Å². The molecular formula is C19H23FN4O6. The number of benzene rings is 1. The number of methoxy groups -OCH3 is 1. The number of hydrogen-bond acceptors (Lipinski definition) is 8. The number of cyclic esters (lactones) is 1. The average Bonchev–Trinajstić information content (AvgIpc) is 3.11. The summed E-state index contributed by atoms with van der Waals surface area (Å²) in [5, 5.41) is 2.60. The standard InChI is InChI=1S/C19H23FN4O6/c1-12(25)21-10-15-11-24(18(26)29-15)14-3-4-17(16(20)9-14)23-7-5-13(6-8-23)22-30-19(27)28-2/h3-5,9,15,22H,6-8,10-11H2,1-2H3,(H,21,25). The highest BCUT2D eigenvalue weighted by Crippen LogP contribution is 2.29. The summed E-state index contributed by atoms with van der Waals surface area (Å²) in [6.45, 7) is 2.72. The highest BCUT2D eigenvalue weighted by atomic mass is 19.1. The minimum absolute atomic E-state index is 0.203. The lowest BCUT2D eigenvalue weighted by Crippen LogP contribution is -2.34. The minimum Gasteiger partial charge on any atom is -0.442 e. The molecule has 0 saturated carbocycles. The van der Waals surface area contributed by atoms with Gasteiger partial charge in [0.1, 0.15) is 11.9 Å². The van der Waals surface area contributed by atoms with Crippen molar-refractivity contribution in [3.63, 3.8) is 0 Å². The number of hydroxylamine groups is 1. The first kappa shape index (κ1) is 21.2. The van der Waals surface area contributed by atoms with Crippen LogP contribution in [-0.4, -0.2) is 57.5 Å². The topological polar surface area (TPSA) is 109 Å². The van der Waals surface area contributed by atoms with Crippen LogP contribution < -0.4 is 20.6 Å². The van der Waals surface area contributed by atoms with Crippen LogP contribution in [0, 0.1) is 5.82 Å². The average molecular weight is 422 g/mol. The number of rotatable bonds is 6. The van der Waals surface area contributed by atoms with Crippen LogP contribution in [0.15, 0.2) is 30.0 Å². The van der Waals surface area contributed by atoms with Crippen LogP contribution in [0.1, 0.15) is 13.3 Å². The van der Waals surface area contributed by atoms with Crippen LogP contribution in [-0.2, 0) is 19.1 Å². The lowest BCUT2D eigenvalue weighted by Gasteiger charge is -2.29. The molecule has 1 saturated heterocycles. The fourth-order valence-electron chi connectivity index (χ4n) is 3.15. The molecule has 1 unspecified atom stereocenters. The SMILES string of the molecule is COC(=O)ONC1=CCN(c2ccc(N3CC(CNC(C)=O)OC3=O)cc2F)CC1. The van der Waals surface area contributed by atoms with Crippen LogP contribution in [0.2, 0.25) is 0 Å². The Bertz CT molecular complexity index is 861. The monoisotopic (exact) mass is 422 g/mol. The molecule has 10 nitrogen and oxygen atoms in total. The van der Waals surface area contributed by atoms with E-state index in [0.29, 0.717) is 36.6 Å². The van der Waals surface area contributed by atoms with Crippen molar-refractivity contribution in [2.75, 3.05) is 43.1 Å². The van der Waals surface area contributed by atoms with Crippen LogP contribution in [0.25, 0.3) is 0 Å². The third-order valence-corrected chi connectivity index (χ3v) is 4.68. The first-order chi connectivity index (χ1) is 14.4. The summed E-state index contributed by atoms with van der Waals surface area (Å²) in [4.78, 5) is 41.9. The van der Waals surface area contributed by atoms with Crippen molar-refractivity contribution in [2.45, 2.75) is 19.4 Å². The fourth-order valence-corrected chi connectivity index (χ4v) is 3.15. The van der Waals surface area contributed by atoms with Crippen molar-refractivity contribution in [1.82, 2.24) is 10.8 Å². The maximum Gasteiger partial charge on any atom is 0.532 e. The molecule has 2 N–H and O–H groups in total. The lowest BCUT2D eigenvalue weighted by molar-refractivity contribution is -0.119. The van der Waals surface area contributed by atoms with Gasteiger partial charge in [-0.2, -0.15) is 0 Å². The van der Waals surface area contributed by atoms with Gasteiger partial charge < -0.3 is 24.5 Å². The second kappa shape index (κ2) is 9.33. The molecule has 0 radical (unpaired) electrons. The number of hydrogen-bond donors (Lipinski definition) is 2. The van der Waals surface area contributed by atoms with Crippen LogP contribution in [0.4, 0.5) is 25.4 Å². The number of nitrogens with one attached hydrogen (secondary N) is 2. The predicted molar refractivity (Wildman–Crippen MR) is 104 cm³/mol. The van der Waals surface area contributed by atoms with E-state index in [9.17, 15) is 18.8 Å². The normalized spacial score (nSPS) is 18.4. The quantitative estimate of drug-likeness (QED) is 0.526. The Morgan fingerprint density at radius 1 is 1.37 bits per heavy atom. The summed E-state index contributed by atoms with van der Waals surface area (Å²) in [6.07, 6.45) is 0.375. The van der Waals surface area contributed by atoms with E-state index in [0.717, 1.165) is 0 Å². The number of carbonyl (C=O) groups excluding carboxylic acids is 3. The molecule has 0 spiro atoms. The molecule has 3 rings (SSSR count). The molecule has 1 fully saturated rings. The fraction of sp³-hybridized carbons (Fsp3) is 0.421. The van der Waals surface area contributed by atoms with Crippen molar-refractivity contribution in [3.8, 4) is 0 Å². The lowest BCUT2D eigenvalue weighted by atomic mass is 10.1. The Hall–Kier alpha value is -3.50. The summed E-state index contributed by atoms with van der Waals surface area (Å²) in [5.74, 6) is -0.688. The third kappa shape index (κ3) is 5.10. The van der Waals surface area contributed by atoms with Crippen molar-refractivity contribution in [1.29, 1.82) is 0 Å². The minimum atomic E-state index is -0.847. The second-order valence-electron chi connectivity index (χ2n) is 6.77. The Kier molecular flexibility index (Phi) is 6.60. The van der Waals surface area contributed by atoms with Gasteiger partial charge in [0.25, 0.3) is 0 Å². The van der Waals surface area contributed by atoms with Gasteiger partial charge in [-0.05, 0) is 24.3 Å². The Labute approximate surface area is 172 Å². The Morgan fingerprint density at radius 2 is 2.17 bits per heavy atom. The number of anilines is 2. The number of ether oxygens (including phenoxy) is 2. The van der Waals surface area contributed by atoms with Gasteiger partial charge in [-0.15, -0.1) is 0 Å². The number of nitrogens with zero attached hydrogens (tertiary/aromatic N) is 2. The molecule has 11 heteroatoms. The van der Waals surface area contributed by atoms with E-state index in [1.165, 1.54) is 25.0 Å². The first-order valence-corrected chi connectivity index (χ1v) is 9.34. The van der Waals surface area contributed by atoms with E-state index < -0.39 is 24.2 Å². The van der Waals surface area contributed by atoms with E-state index >= 15 is 0 Å². The van der Waals surface area contributed by atoms with E-state index in [1.807, 2.05) is 4.90 Å². The third-order valence-electron chi connectivity index (χ3n) is 4.68. The van der Waals surface area contributed by atoms with Gasteiger partial charge in [-0.3, -0.25) is 9.69 Å². The number of amides is 2. The van der Waals surface area contributed by atoms with E-state index in [4.69, 9.17) is 4.74 Å². The second-order valence-corrected chi connectivity index (χ2v) is 6.77. The number of halogens is 1. The maximum atomic E-state index is 14.8. The largest absolute Gasteiger partial charge is 0.532 e. The van der Waals surface area contributed by atoms with Crippen molar-refractivity contribution >= 4 is 29.5 Å². The summed E-state index contributed by atoms with van der Waals surface area (Å²) in [7, 11) is 1.21. The van der Waals surface area contributed by atoms with Gasteiger partial charge in [0.05, 0.1) is 31.6 Å². The zero-order valence-corrected chi connectivity index (χ0v) is 16.6. The molecule has 2 aliphatic heterocycles. The van der Waals surface area contributed by atoms with Gasteiger partial charge in [-0.25, -0.2) is 19.5 Å². The Balaban J connectivity index is 1.61. The maximum absolute atomic E-state index is 14.8. The van der Waals surface area contributed by atoms with Crippen molar-refractivity contribution < 1.29 is 33.1 Å². The van der Waals surface area contributed by atoms with Gasteiger partial charge in [0.15, 0.2) is 0 Å². The highest BCUT2D eigenvalue weighted by Gasteiger charge is 2.33.